The molecule has 2 fully saturated rings. The van der Waals surface area contributed by atoms with E-state index in [9.17, 15) is 17.6 Å². The van der Waals surface area contributed by atoms with E-state index < -0.39 is 11.7 Å². The lowest BCUT2D eigenvalue weighted by atomic mass is 9.75. The maximum atomic E-state index is 13.5. The maximum absolute atomic E-state index is 13.5. The Balaban J connectivity index is 1.58. The van der Waals surface area contributed by atoms with Gasteiger partial charge in [0.2, 0.25) is 0 Å². The SMILES string of the molecule is Fc1ccccc1C1CC(NC2(C(F)(F)F)CC2)C1. The van der Waals surface area contributed by atoms with Gasteiger partial charge in [0, 0.05) is 6.04 Å². The molecule has 0 amide bonds. The van der Waals surface area contributed by atoms with E-state index in [4.69, 9.17) is 0 Å². The van der Waals surface area contributed by atoms with Gasteiger partial charge in [-0.25, -0.2) is 4.39 Å². The molecule has 2 aliphatic rings. The van der Waals surface area contributed by atoms with E-state index in [0.29, 0.717) is 18.4 Å². The van der Waals surface area contributed by atoms with Gasteiger partial charge in [0.25, 0.3) is 0 Å². The second kappa shape index (κ2) is 4.20. The standard InChI is InChI=1S/C14H15F4N/c15-12-4-2-1-3-11(12)9-7-10(8-9)19-13(5-6-13)14(16,17)18/h1-4,9-10,19H,5-8H2. The van der Waals surface area contributed by atoms with E-state index >= 15 is 0 Å². The topological polar surface area (TPSA) is 12.0 Å². The van der Waals surface area contributed by atoms with Crippen LogP contribution in [0.1, 0.15) is 37.2 Å². The number of hydrogen-bond donors (Lipinski definition) is 1. The first-order chi connectivity index (χ1) is 8.91. The van der Waals surface area contributed by atoms with Crippen LogP contribution in [0.3, 0.4) is 0 Å². The molecular weight excluding hydrogens is 258 g/mol. The van der Waals surface area contributed by atoms with Crippen LogP contribution < -0.4 is 5.32 Å². The molecule has 0 heterocycles. The fraction of sp³-hybridized carbons (Fsp3) is 0.571. The molecule has 0 saturated heterocycles. The van der Waals surface area contributed by atoms with Crippen LogP contribution in [-0.2, 0) is 0 Å². The molecular formula is C14H15F4N. The van der Waals surface area contributed by atoms with E-state index in [1.807, 2.05) is 0 Å². The average Bonchev–Trinajstić information content (AvgIpc) is 3.04. The Morgan fingerprint density at radius 3 is 2.26 bits per heavy atom. The number of nitrogens with one attached hydrogen (secondary N) is 1. The third-order valence-electron chi connectivity index (χ3n) is 4.26. The first-order valence-electron chi connectivity index (χ1n) is 6.50. The monoisotopic (exact) mass is 273 g/mol. The Morgan fingerprint density at radius 2 is 1.74 bits per heavy atom. The Labute approximate surface area is 109 Å². The second-order valence-corrected chi connectivity index (χ2v) is 5.61. The number of hydrogen-bond acceptors (Lipinski definition) is 1. The van der Waals surface area contributed by atoms with Crippen LogP contribution in [0.25, 0.3) is 0 Å². The Bertz CT molecular complexity index is 473. The van der Waals surface area contributed by atoms with E-state index in [-0.39, 0.29) is 30.6 Å². The van der Waals surface area contributed by atoms with Crippen LogP contribution in [0, 0.1) is 5.82 Å². The highest BCUT2D eigenvalue weighted by molar-refractivity contribution is 5.25. The van der Waals surface area contributed by atoms with Gasteiger partial charge in [-0.15, -0.1) is 0 Å². The molecule has 2 aliphatic carbocycles. The zero-order chi connectivity index (χ0) is 13.7. The molecule has 1 N–H and O–H groups in total. The summed E-state index contributed by atoms with van der Waals surface area (Å²) >= 11 is 0. The van der Waals surface area contributed by atoms with Crippen LogP contribution in [0.5, 0.6) is 0 Å². The number of rotatable bonds is 3. The Morgan fingerprint density at radius 1 is 1.11 bits per heavy atom. The van der Waals surface area contributed by atoms with Crippen molar-refractivity contribution < 1.29 is 17.6 Å². The number of benzene rings is 1. The lowest BCUT2D eigenvalue weighted by molar-refractivity contribution is -0.169. The summed E-state index contributed by atoms with van der Waals surface area (Å²) in [5, 5.41) is 2.72. The van der Waals surface area contributed by atoms with Crippen molar-refractivity contribution in [3.8, 4) is 0 Å². The van der Waals surface area contributed by atoms with Crippen molar-refractivity contribution in [2.24, 2.45) is 0 Å². The molecule has 0 bridgehead atoms. The van der Waals surface area contributed by atoms with Gasteiger partial charge in [-0.05, 0) is 43.2 Å². The molecule has 5 heteroatoms. The lowest BCUT2D eigenvalue weighted by Crippen LogP contribution is -2.53. The minimum absolute atomic E-state index is 0.0442. The molecule has 104 valence electrons. The summed E-state index contributed by atoms with van der Waals surface area (Å²) in [6.07, 6.45) is -2.68. The molecule has 1 aromatic rings. The van der Waals surface area contributed by atoms with Gasteiger partial charge in [0.1, 0.15) is 11.4 Å². The molecule has 1 nitrogen and oxygen atoms in total. The number of alkyl halides is 3. The summed E-state index contributed by atoms with van der Waals surface area (Å²) in [6.45, 7) is 0. The van der Waals surface area contributed by atoms with E-state index in [1.54, 1.807) is 18.2 Å². The number of halogens is 4. The first kappa shape index (κ1) is 12.9. The molecule has 0 unspecified atom stereocenters. The van der Waals surface area contributed by atoms with Gasteiger partial charge in [0.05, 0.1) is 0 Å². The first-order valence-corrected chi connectivity index (χ1v) is 6.50. The Hall–Kier alpha value is -1.10. The van der Waals surface area contributed by atoms with Gasteiger partial charge >= 0.3 is 6.18 Å². The fourth-order valence-electron chi connectivity index (χ4n) is 2.82. The molecule has 0 atom stereocenters. The molecule has 0 spiro atoms. The molecule has 2 saturated carbocycles. The highest BCUT2D eigenvalue weighted by Crippen LogP contribution is 2.51. The molecule has 0 aliphatic heterocycles. The van der Waals surface area contributed by atoms with Crippen molar-refractivity contribution in [2.45, 2.75) is 49.4 Å². The van der Waals surface area contributed by atoms with Gasteiger partial charge in [-0.2, -0.15) is 13.2 Å². The summed E-state index contributed by atoms with van der Waals surface area (Å²) in [6, 6.07) is 6.35. The maximum Gasteiger partial charge on any atom is 0.406 e. The Kier molecular flexibility index (Phi) is 2.85. The highest BCUT2D eigenvalue weighted by atomic mass is 19.4. The molecule has 1 aromatic carbocycles. The van der Waals surface area contributed by atoms with Gasteiger partial charge in [0.15, 0.2) is 0 Å². The van der Waals surface area contributed by atoms with Crippen molar-refractivity contribution in [3.05, 3.63) is 35.6 Å². The van der Waals surface area contributed by atoms with Crippen molar-refractivity contribution in [2.75, 3.05) is 0 Å². The van der Waals surface area contributed by atoms with Crippen LogP contribution in [0.4, 0.5) is 17.6 Å². The van der Waals surface area contributed by atoms with Gasteiger partial charge in [-0.1, -0.05) is 18.2 Å². The van der Waals surface area contributed by atoms with E-state index in [1.165, 1.54) is 6.07 Å². The molecule has 3 rings (SSSR count). The minimum atomic E-state index is -4.17. The lowest BCUT2D eigenvalue weighted by Gasteiger charge is -2.39. The normalized spacial score (nSPS) is 28.8. The van der Waals surface area contributed by atoms with Crippen molar-refractivity contribution >= 4 is 0 Å². The zero-order valence-corrected chi connectivity index (χ0v) is 10.3. The van der Waals surface area contributed by atoms with E-state index in [2.05, 4.69) is 5.32 Å². The third-order valence-corrected chi connectivity index (χ3v) is 4.26. The van der Waals surface area contributed by atoms with Crippen molar-refractivity contribution in [1.29, 1.82) is 0 Å². The predicted molar refractivity (Wildman–Crippen MR) is 63.3 cm³/mol. The fourth-order valence-corrected chi connectivity index (χ4v) is 2.82. The molecule has 0 radical (unpaired) electrons. The summed E-state index contributed by atoms with van der Waals surface area (Å²) in [5.41, 5.74) is -1.03. The van der Waals surface area contributed by atoms with Crippen LogP contribution in [0.2, 0.25) is 0 Å². The largest absolute Gasteiger partial charge is 0.406 e. The summed E-state index contributed by atoms with van der Waals surface area (Å²) in [4.78, 5) is 0. The predicted octanol–water partition coefficient (Wildman–Crippen LogP) is 3.76. The van der Waals surface area contributed by atoms with Crippen molar-refractivity contribution in [3.63, 3.8) is 0 Å². The minimum Gasteiger partial charge on any atom is -0.301 e. The smallest absolute Gasteiger partial charge is 0.301 e. The quantitative estimate of drug-likeness (QED) is 0.827. The highest BCUT2D eigenvalue weighted by Gasteiger charge is 2.64. The summed E-state index contributed by atoms with van der Waals surface area (Å²) < 4.78 is 51.9. The van der Waals surface area contributed by atoms with Crippen LogP contribution in [0.15, 0.2) is 24.3 Å². The molecule has 19 heavy (non-hydrogen) atoms. The molecule has 0 aromatic heterocycles. The van der Waals surface area contributed by atoms with Crippen molar-refractivity contribution in [1.82, 2.24) is 5.32 Å². The summed E-state index contributed by atoms with van der Waals surface area (Å²) in [5.74, 6) is -0.217. The third kappa shape index (κ3) is 2.24. The van der Waals surface area contributed by atoms with Gasteiger partial charge < -0.3 is 5.32 Å². The zero-order valence-electron chi connectivity index (χ0n) is 10.3. The van der Waals surface area contributed by atoms with E-state index in [0.717, 1.165) is 0 Å². The van der Waals surface area contributed by atoms with Crippen LogP contribution in [-0.4, -0.2) is 17.8 Å². The average molecular weight is 273 g/mol. The summed E-state index contributed by atoms with van der Waals surface area (Å²) in [7, 11) is 0. The second-order valence-electron chi connectivity index (χ2n) is 5.61. The van der Waals surface area contributed by atoms with Crippen LogP contribution >= 0.6 is 0 Å². The van der Waals surface area contributed by atoms with Gasteiger partial charge in [-0.3, -0.25) is 0 Å².